The SMILES string of the molecule is CN(CC1CCCO1)C1CCN(c2ccc(N)cc2F)CC1. The molecule has 2 aliphatic heterocycles. The fourth-order valence-corrected chi connectivity index (χ4v) is 3.59. The van der Waals surface area contributed by atoms with E-state index in [1.807, 2.05) is 0 Å². The van der Waals surface area contributed by atoms with Crippen LogP contribution in [0.2, 0.25) is 0 Å². The molecule has 2 N–H and O–H groups in total. The van der Waals surface area contributed by atoms with Gasteiger partial charge in [0.25, 0.3) is 0 Å². The third kappa shape index (κ3) is 3.52. The van der Waals surface area contributed by atoms with Gasteiger partial charge in [-0.05, 0) is 50.9 Å². The van der Waals surface area contributed by atoms with Gasteiger partial charge in [-0.1, -0.05) is 0 Å². The van der Waals surface area contributed by atoms with E-state index in [1.54, 1.807) is 12.1 Å². The largest absolute Gasteiger partial charge is 0.399 e. The molecule has 1 unspecified atom stereocenters. The lowest BCUT2D eigenvalue weighted by atomic mass is 10.0. The van der Waals surface area contributed by atoms with Crippen LogP contribution in [0.25, 0.3) is 0 Å². The van der Waals surface area contributed by atoms with Gasteiger partial charge in [0.15, 0.2) is 0 Å². The molecule has 1 aromatic carbocycles. The lowest BCUT2D eigenvalue weighted by molar-refractivity contribution is 0.0635. The normalized spacial score (nSPS) is 23.4. The molecular weight excluding hydrogens is 281 g/mol. The number of hydrogen-bond donors (Lipinski definition) is 1. The van der Waals surface area contributed by atoms with Gasteiger partial charge in [0.05, 0.1) is 11.8 Å². The van der Waals surface area contributed by atoms with Gasteiger partial charge in [0.1, 0.15) is 5.82 Å². The standard InChI is InChI=1S/C17H26FN3O/c1-20(12-15-3-2-10-22-15)14-6-8-21(9-7-14)17-5-4-13(19)11-16(17)18/h4-5,11,14-15H,2-3,6-10,12,19H2,1H3. The van der Waals surface area contributed by atoms with Gasteiger partial charge in [0, 0.05) is 38.0 Å². The Balaban J connectivity index is 1.53. The van der Waals surface area contributed by atoms with Crippen LogP contribution in [0.5, 0.6) is 0 Å². The molecule has 2 aliphatic rings. The zero-order valence-electron chi connectivity index (χ0n) is 13.3. The highest BCUT2D eigenvalue weighted by Crippen LogP contribution is 2.26. The van der Waals surface area contributed by atoms with E-state index in [0.717, 1.165) is 39.1 Å². The average Bonchev–Trinajstić information content (AvgIpc) is 3.00. The number of halogens is 1. The Bertz CT molecular complexity index is 497. The lowest BCUT2D eigenvalue weighted by Gasteiger charge is -2.38. The van der Waals surface area contributed by atoms with Crippen molar-refractivity contribution in [2.75, 3.05) is 43.9 Å². The molecule has 1 atom stereocenters. The summed E-state index contributed by atoms with van der Waals surface area (Å²) < 4.78 is 19.7. The van der Waals surface area contributed by atoms with Crippen LogP contribution in [-0.4, -0.2) is 50.3 Å². The van der Waals surface area contributed by atoms with Gasteiger partial charge in [-0.2, -0.15) is 0 Å². The molecule has 3 rings (SSSR count). The number of nitrogens with two attached hydrogens (primary N) is 1. The first-order valence-corrected chi connectivity index (χ1v) is 8.25. The predicted octanol–water partition coefficient (Wildman–Crippen LogP) is 2.49. The third-order valence-electron chi connectivity index (χ3n) is 4.92. The van der Waals surface area contributed by atoms with Crippen LogP contribution in [0.4, 0.5) is 15.8 Å². The minimum Gasteiger partial charge on any atom is -0.399 e. The molecule has 2 fully saturated rings. The smallest absolute Gasteiger partial charge is 0.148 e. The van der Waals surface area contributed by atoms with Gasteiger partial charge in [-0.15, -0.1) is 0 Å². The molecule has 0 aliphatic carbocycles. The second-order valence-electron chi connectivity index (χ2n) is 6.50. The van der Waals surface area contributed by atoms with E-state index < -0.39 is 0 Å². The van der Waals surface area contributed by atoms with E-state index in [0.29, 0.717) is 23.5 Å². The minimum atomic E-state index is -0.217. The van der Waals surface area contributed by atoms with Gasteiger partial charge in [-0.25, -0.2) is 4.39 Å². The van der Waals surface area contributed by atoms with Crippen molar-refractivity contribution in [2.45, 2.75) is 37.8 Å². The number of rotatable bonds is 4. The van der Waals surface area contributed by atoms with Crippen molar-refractivity contribution in [2.24, 2.45) is 0 Å². The van der Waals surface area contributed by atoms with Crippen molar-refractivity contribution in [3.8, 4) is 0 Å². The maximum absolute atomic E-state index is 14.0. The summed E-state index contributed by atoms with van der Waals surface area (Å²) in [6, 6.07) is 5.54. The molecule has 0 spiro atoms. The molecule has 0 saturated carbocycles. The maximum atomic E-state index is 14.0. The molecule has 22 heavy (non-hydrogen) atoms. The number of ether oxygens (including phenoxy) is 1. The van der Waals surface area contributed by atoms with E-state index in [4.69, 9.17) is 10.5 Å². The summed E-state index contributed by atoms with van der Waals surface area (Å²) in [5.74, 6) is -0.217. The molecule has 0 amide bonds. The number of nitrogen functional groups attached to an aromatic ring is 1. The summed E-state index contributed by atoms with van der Waals surface area (Å²) in [6.45, 7) is 3.71. The molecule has 2 heterocycles. The number of anilines is 2. The Kier molecular flexibility index (Phi) is 4.84. The fraction of sp³-hybridized carbons (Fsp3) is 0.647. The third-order valence-corrected chi connectivity index (χ3v) is 4.92. The van der Waals surface area contributed by atoms with Crippen molar-refractivity contribution < 1.29 is 9.13 Å². The van der Waals surface area contributed by atoms with Crippen LogP contribution < -0.4 is 10.6 Å². The number of piperidine rings is 1. The first-order chi connectivity index (χ1) is 10.6. The van der Waals surface area contributed by atoms with Crippen molar-refractivity contribution in [1.29, 1.82) is 0 Å². The van der Waals surface area contributed by atoms with E-state index in [-0.39, 0.29) is 5.82 Å². The lowest BCUT2D eigenvalue weighted by Crippen LogP contribution is -2.45. The Labute approximate surface area is 132 Å². The fourth-order valence-electron chi connectivity index (χ4n) is 3.59. The summed E-state index contributed by atoms with van der Waals surface area (Å²) in [6.07, 6.45) is 4.89. The van der Waals surface area contributed by atoms with E-state index in [1.165, 1.54) is 18.9 Å². The second kappa shape index (κ2) is 6.84. The van der Waals surface area contributed by atoms with Gasteiger partial charge in [-0.3, -0.25) is 0 Å². The molecule has 4 nitrogen and oxygen atoms in total. The van der Waals surface area contributed by atoms with E-state index in [9.17, 15) is 4.39 Å². The van der Waals surface area contributed by atoms with Crippen molar-refractivity contribution in [3.05, 3.63) is 24.0 Å². The number of hydrogen-bond acceptors (Lipinski definition) is 4. The Morgan fingerprint density at radius 3 is 2.73 bits per heavy atom. The molecular formula is C17H26FN3O. The quantitative estimate of drug-likeness (QED) is 0.868. The molecule has 5 heteroatoms. The summed E-state index contributed by atoms with van der Waals surface area (Å²) in [4.78, 5) is 4.55. The highest BCUT2D eigenvalue weighted by atomic mass is 19.1. The average molecular weight is 307 g/mol. The molecule has 2 saturated heterocycles. The number of benzene rings is 1. The maximum Gasteiger partial charge on any atom is 0.148 e. The van der Waals surface area contributed by atoms with Crippen LogP contribution in [-0.2, 0) is 4.74 Å². The summed E-state index contributed by atoms with van der Waals surface area (Å²) in [5.41, 5.74) is 6.77. The molecule has 0 radical (unpaired) electrons. The van der Waals surface area contributed by atoms with Crippen LogP contribution in [0.15, 0.2) is 18.2 Å². The highest BCUT2D eigenvalue weighted by molar-refractivity contribution is 5.54. The van der Waals surface area contributed by atoms with Crippen molar-refractivity contribution in [1.82, 2.24) is 4.90 Å². The summed E-state index contributed by atoms with van der Waals surface area (Å²) in [5, 5.41) is 0. The Morgan fingerprint density at radius 2 is 2.09 bits per heavy atom. The molecule has 122 valence electrons. The van der Waals surface area contributed by atoms with E-state index in [2.05, 4.69) is 16.8 Å². The molecule has 1 aromatic rings. The number of nitrogens with zero attached hydrogens (tertiary/aromatic N) is 2. The Morgan fingerprint density at radius 1 is 1.32 bits per heavy atom. The van der Waals surface area contributed by atoms with Crippen LogP contribution in [0.1, 0.15) is 25.7 Å². The molecule has 0 bridgehead atoms. The van der Waals surface area contributed by atoms with E-state index >= 15 is 0 Å². The van der Waals surface area contributed by atoms with Crippen LogP contribution >= 0.6 is 0 Å². The molecule has 0 aromatic heterocycles. The zero-order valence-corrected chi connectivity index (χ0v) is 13.3. The predicted molar refractivity (Wildman–Crippen MR) is 87.7 cm³/mol. The van der Waals surface area contributed by atoms with Gasteiger partial charge in [0.2, 0.25) is 0 Å². The summed E-state index contributed by atoms with van der Waals surface area (Å²) >= 11 is 0. The van der Waals surface area contributed by atoms with Gasteiger partial charge >= 0.3 is 0 Å². The van der Waals surface area contributed by atoms with Crippen molar-refractivity contribution >= 4 is 11.4 Å². The Hall–Kier alpha value is -1.33. The monoisotopic (exact) mass is 307 g/mol. The van der Waals surface area contributed by atoms with Crippen LogP contribution in [0.3, 0.4) is 0 Å². The summed E-state index contributed by atoms with van der Waals surface area (Å²) in [7, 11) is 2.19. The first kappa shape index (κ1) is 15.6. The highest BCUT2D eigenvalue weighted by Gasteiger charge is 2.26. The topological polar surface area (TPSA) is 41.7 Å². The number of likely N-dealkylation sites (N-methyl/N-ethyl adjacent to an activating group) is 1. The van der Waals surface area contributed by atoms with Crippen LogP contribution in [0, 0.1) is 5.82 Å². The van der Waals surface area contributed by atoms with Gasteiger partial charge < -0.3 is 20.3 Å². The minimum absolute atomic E-state index is 0.217. The first-order valence-electron chi connectivity index (χ1n) is 8.25. The second-order valence-corrected chi connectivity index (χ2v) is 6.50. The zero-order chi connectivity index (χ0) is 15.5. The van der Waals surface area contributed by atoms with Crippen molar-refractivity contribution in [3.63, 3.8) is 0 Å².